The molecule has 27 heavy (non-hydrogen) atoms. The van der Waals surface area contributed by atoms with E-state index in [1.165, 1.54) is 11.1 Å². The molecule has 3 aromatic rings. The van der Waals surface area contributed by atoms with Crippen molar-refractivity contribution in [1.29, 1.82) is 0 Å². The van der Waals surface area contributed by atoms with E-state index in [4.69, 9.17) is 9.47 Å². The third-order valence-corrected chi connectivity index (χ3v) is 4.30. The summed E-state index contributed by atoms with van der Waals surface area (Å²) in [4.78, 5) is 0. The number of aryl methyl sites for hydroxylation is 2. The van der Waals surface area contributed by atoms with Gasteiger partial charge in [-0.15, -0.1) is 0 Å². The molecule has 0 heterocycles. The Morgan fingerprint density at radius 2 is 1.48 bits per heavy atom. The highest BCUT2D eigenvalue weighted by molar-refractivity contribution is 5.56. The zero-order valence-corrected chi connectivity index (χ0v) is 15.9. The van der Waals surface area contributed by atoms with Crippen LogP contribution in [0.5, 0.6) is 11.5 Å². The molecule has 3 rings (SSSR count). The Kier molecular flexibility index (Phi) is 7.16. The van der Waals surface area contributed by atoms with E-state index in [1.807, 2.05) is 42.5 Å². The van der Waals surface area contributed by atoms with E-state index in [9.17, 15) is 0 Å². The first kappa shape index (κ1) is 18.8. The average molecular weight is 361 g/mol. The normalized spacial score (nSPS) is 10.4. The van der Waals surface area contributed by atoms with Crippen molar-refractivity contribution in [1.82, 2.24) is 0 Å². The number of rotatable bonds is 10. The van der Waals surface area contributed by atoms with Crippen LogP contribution in [0.2, 0.25) is 0 Å². The molecule has 0 fully saturated rings. The maximum absolute atomic E-state index is 5.98. The van der Waals surface area contributed by atoms with Crippen LogP contribution in [0, 0.1) is 6.92 Å². The Morgan fingerprint density at radius 3 is 2.30 bits per heavy atom. The van der Waals surface area contributed by atoms with Crippen molar-refractivity contribution in [2.24, 2.45) is 0 Å². The zero-order chi connectivity index (χ0) is 18.7. The molecule has 140 valence electrons. The third-order valence-electron chi connectivity index (χ3n) is 4.30. The quantitative estimate of drug-likeness (QED) is 0.484. The highest BCUT2D eigenvalue weighted by Crippen LogP contribution is 2.23. The predicted molar refractivity (Wildman–Crippen MR) is 112 cm³/mol. The molecule has 3 aromatic carbocycles. The largest absolute Gasteiger partial charge is 0.492 e. The Bertz CT molecular complexity index is 800. The Hall–Kier alpha value is -2.94. The minimum atomic E-state index is 0.603. The Labute approximate surface area is 162 Å². The van der Waals surface area contributed by atoms with E-state index < -0.39 is 0 Å². The van der Waals surface area contributed by atoms with Crippen molar-refractivity contribution in [3.05, 3.63) is 90.0 Å². The lowest BCUT2D eigenvalue weighted by atomic mass is 10.1. The molecule has 0 saturated heterocycles. The van der Waals surface area contributed by atoms with Gasteiger partial charge in [-0.05, 0) is 49.6 Å². The summed E-state index contributed by atoms with van der Waals surface area (Å²) in [5.41, 5.74) is 3.59. The van der Waals surface area contributed by atoms with E-state index in [0.717, 1.165) is 36.6 Å². The van der Waals surface area contributed by atoms with E-state index in [1.54, 1.807) is 0 Å². The van der Waals surface area contributed by atoms with Crippen LogP contribution in [0.15, 0.2) is 78.9 Å². The molecule has 0 aliphatic heterocycles. The van der Waals surface area contributed by atoms with Crippen LogP contribution in [0.3, 0.4) is 0 Å². The summed E-state index contributed by atoms with van der Waals surface area (Å²) in [6.07, 6.45) is 2.02. The fraction of sp³-hybridized carbons (Fsp3) is 0.250. The van der Waals surface area contributed by atoms with Gasteiger partial charge in [-0.2, -0.15) is 0 Å². The van der Waals surface area contributed by atoms with E-state index in [0.29, 0.717) is 13.2 Å². The monoisotopic (exact) mass is 361 g/mol. The van der Waals surface area contributed by atoms with Gasteiger partial charge in [-0.1, -0.05) is 60.2 Å². The van der Waals surface area contributed by atoms with Gasteiger partial charge < -0.3 is 14.8 Å². The summed E-state index contributed by atoms with van der Waals surface area (Å²) in [6, 6.07) is 26.7. The lowest BCUT2D eigenvalue weighted by Crippen LogP contribution is -2.12. The topological polar surface area (TPSA) is 30.5 Å². The van der Waals surface area contributed by atoms with Gasteiger partial charge in [0.05, 0.1) is 12.3 Å². The minimum Gasteiger partial charge on any atom is -0.492 e. The number of hydrogen-bond donors (Lipinski definition) is 1. The zero-order valence-electron chi connectivity index (χ0n) is 15.9. The third kappa shape index (κ3) is 6.37. The molecule has 0 aliphatic carbocycles. The van der Waals surface area contributed by atoms with Gasteiger partial charge in [0.2, 0.25) is 0 Å². The maximum atomic E-state index is 5.98. The van der Waals surface area contributed by atoms with Crippen LogP contribution in [0.25, 0.3) is 0 Å². The molecule has 0 saturated carbocycles. The first-order valence-electron chi connectivity index (χ1n) is 9.50. The van der Waals surface area contributed by atoms with Crippen LogP contribution in [-0.4, -0.2) is 19.8 Å². The number of nitrogens with one attached hydrogen (secondary N) is 1. The fourth-order valence-electron chi connectivity index (χ4n) is 2.83. The van der Waals surface area contributed by atoms with Crippen LogP contribution in [0.1, 0.15) is 17.5 Å². The minimum absolute atomic E-state index is 0.603. The fourth-order valence-corrected chi connectivity index (χ4v) is 2.83. The SMILES string of the molecule is Cc1ccc(OCCNc2ccccc2OCCCc2ccccc2)cc1. The molecular formula is C24H27NO2. The van der Waals surface area contributed by atoms with Crippen molar-refractivity contribution in [2.45, 2.75) is 19.8 Å². The van der Waals surface area contributed by atoms with Crippen LogP contribution in [0.4, 0.5) is 5.69 Å². The average Bonchev–Trinajstić information content (AvgIpc) is 2.71. The van der Waals surface area contributed by atoms with E-state index in [-0.39, 0.29) is 0 Å². The standard InChI is InChI=1S/C24H27NO2/c1-20-13-15-22(16-14-20)26-19-17-25-23-11-5-6-12-24(23)27-18-7-10-21-8-3-2-4-9-21/h2-6,8-9,11-16,25H,7,10,17-19H2,1H3. The molecule has 0 amide bonds. The number of hydrogen-bond acceptors (Lipinski definition) is 3. The van der Waals surface area contributed by atoms with Crippen molar-refractivity contribution in [3.63, 3.8) is 0 Å². The highest BCUT2D eigenvalue weighted by Gasteiger charge is 2.03. The molecule has 0 atom stereocenters. The Balaban J connectivity index is 1.41. The summed E-state index contributed by atoms with van der Waals surface area (Å²) in [7, 11) is 0. The van der Waals surface area contributed by atoms with Crippen molar-refractivity contribution < 1.29 is 9.47 Å². The first-order valence-corrected chi connectivity index (χ1v) is 9.50. The van der Waals surface area contributed by atoms with E-state index >= 15 is 0 Å². The molecule has 0 spiro atoms. The molecular weight excluding hydrogens is 334 g/mol. The summed E-state index contributed by atoms with van der Waals surface area (Å²) in [5.74, 6) is 1.79. The Morgan fingerprint density at radius 1 is 0.741 bits per heavy atom. The lowest BCUT2D eigenvalue weighted by molar-refractivity contribution is 0.311. The van der Waals surface area contributed by atoms with Crippen molar-refractivity contribution in [2.75, 3.05) is 25.1 Å². The van der Waals surface area contributed by atoms with Gasteiger partial charge in [0.15, 0.2) is 0 Å². The van der Waals surface area contributed by atoms with Gasteiger partial charge in [-0.25, -0.2) is 0 Å². The molecule has 0 aromatic heterocycles. The predicted octanol–water partition coefficient (Wildman–Crippen LogP) is 5.50. The highest BCUT2D eigenvalue weighted by atomic mass is 16.5. The van der Waals surface area contributed by atoms with Gasteiger partial charge in [0.25, 0.3) is 0 Å². The first-order chi connectivity index (χ1) is 13.3. The van der Waals surface area contributed by atoms with Crippen LogP contribution >= 0.6 is 0 Å². The number of benzene rings is 3. The van der Waals surface area contributed by atoms with Crippen molar-refractivity contribution in [3.8, 4) is 11.5 Å². The number of ether oxygens (including phenoxy) is 2. The van der Waals surface area contributed by atoms with Crippen molar-refractivity contribution >= 4 is 5.69 Å². The number of anilines is 1. The van der Waals surface area contributed by atoms with Gasteiger partial charge in [-0.3, -0.25) is 0 Å². The van der Waals surface area contributed by atoms with Gasteiger partial charge in [0.1, 0.15) is 18.1 Å². The second kappa shape index (κ2) is 10.3. The molecule has 3 heteroatoms. The summed E-state index contributed by atoms with van der Waals surface area (Å²) in [5, 5.41) is 3.40. The van der Waals surface area contributed by atoms with Crippen LogP contribution < -0.4 is 14.8 Å². The summed E-state index contributed by atoms with van der Waals surface area (Å²) in [6.45, 7) is 4.10. The van der Waals surface area contributed by atoms with Crippen LogP contribution in [-0.2, 0) is 6.42 Å². The molecule has 3 nitrogen and oxygen atoms in total. The number of para-hydroxylation sites is 2. The van der Waals surface area contributed by atoms with Gasteiger partial charge >= 0.3 is 0 Å². The molecule has 0 unspecified atom stereocenters. The summed E-state index contributed by atoms with van der Waals surface area (Å²) < 4.78 is 11.8. The second-order valence-corrected chi connectivity index (χ2v) is 6.52. The second-order valence-electron chi connectivity index (χ2n) is 6.52. The smallest absolute Gasteiger partial charge is 0.142 e. The lowest BCUT2D eigenvalue weighted by Gasteiger charge is -2.14. The molecule has 0 bridgehead atoms. The molecule has 0 radical (unpaired) electrons. The maximum Gasteiger partial charge on any atom is 0.142 e. The molecule has 1 N–H and O–H groups in total. The van der Waals surface area contributed by atoms with E-state index in [2.05, 4.69) is 48.6 Å². The summed E-state index contributed by atoms with van der Waals surface area (Å²) >= 11 is 0. The van der Waals surface area contributed by atoms with Gasteiger partial charge in [0, 0.05) is 6.54 Å². The molecule has 0 aliphatic rings.